The lowest BCUT2D eigenvalue weighted by Gasteiger charge is -2.08. The number of fused-ring (bicyclic) bond motifs is 1. The van der Waals surface area contributed by atoms with Gasteiger partial charge in [0.1, 0.15) is 17.0 Å². The number of methoxy groups -OCH3 is 1. The molecule has 9 heteroatoms. The molecule has 9 nitrogen and oxygen atoms in total. The Labute approximate surface area is 187 Å². The number of rotatable bonds is 8. The molecule has 0 unspecified atom stereocenters. The number of nitro groups is 1. The van der Waals surface area contributed by atoms with Crippen LogP contribution in [-0.4, -0.2) is 28.1 Å². The van der Waals surface area contributed by atoms with Crippen LogP contribution in [0.4, 0.5) is 5.69 Å². The first-order chi connectivity index (χ1) is 15.9. The van der Waals surface area contributed by atoms with Crippen LogP contribution in [0.2, 0.25) is 0 Å². The molecular weight excluding hydrogens is 428 g/mol. The van der Waals surface area contributed by atoms with Crippen LogP contribution in [-0.2, 0) is 4.79 Å². The van der Waals surface area contributed by atoms with Gasteiger partial charge in [0.25, 0.3) is 0 Å². The van der Waals surface area contributed by atoms with Crippen molar-refractivity contribution >= 4 is 34.4 Å². The van der Waals surface area contributed by atoms with Crippen LogP contribution in [0.15, 0.2) is 71.1 Å². The predicted molar refractivity (Wildman–Crippen MR) is 120 cm³/mol. The number of ether oxygens (including phenoxy) is 2. The molecule has 0 spiro atoms. The first kappa shape index (κ1) is 21.6. The average Bonchev–Trinajstić information content (AvgIpc) is 3.24. The number of aromatic nitrogens is 1. The van der Waals surface area contributed by atoms with Crippen molar-refractivity contribution in [1.82, 2.24) is 4.98 Å². The number of nitro benzene ring substituents is 1. The lowest BCUT2D eigenvalue weighted by Crippen LogP contribution is -1.98. The van der Waals surface area contributed by atoms with Crippen molar-refractivity contribution in [1.29, 1.82) is 0 Å². The Morgan fingerprint density at radius 1 is 1.12 bits per heavy atom. The lowest BCUT2D eigenvalue weighted by atomic mass is 10.1. The van der Waals surface area contributed by atoms with Crippen molar-refractivity contribution in [2.24, 2.45) is 0 Å². The highest BCUT2D eigenvalue weighted by Gasteiger charge is 2.19. The average molecular weight is 446 g/mol. The fraction of sp³-hybridized carbons (Fsp3) is 0.0833. The van der Waals surface area contributed by atoms with Crippen LogP contribution in [0.3, 0.4) is 0 Å². The molecule has 1 N–H and O–H groups in total. The van der Waals surface area contributed by atoms with Crippen LogP contribution in [0.1, 0.15) is 17.9 Å². The minimum atomic E-state index is -1.09. The van der Waals surface area contributed by atoms with Crippen molar-refractivity contribution in [3.63, 3.8) is 0 Å². The van der Waals surface area contributed by atoms with Crippen LogP contribution >= 0.6 is 0 Å². The molecule has 0 radical (unpaired) electrons. The Morgan fingerprint density at radius 3 is 2.52 bits per heavy atom. The first-order valence-corrected chi connectivity index (χ1v) is 9.81. The number of para-hydroxylation sites is 2. The van der Waals surface area contributed by atoms with Crippen molar-refractivity contribution < 1.29 is 28.7 Å². The highest BCUT2D eigenvalue weighted by Crippen LogP contribution is 2.34. The number of carboxylic acids is 1. The number of hydrogen-bond donors (Lipinski definition) is 1. The number of oxazole rings is 1. The number of hydrogen-bond acceptors (Lipinski definition) is 7. The molecule has 33 heavy (non-hydrogen) atoms. The zero-order chi connectivity index (χ0) is 23.4. The van der Waals surface area contributed by atoms with Crippen LogP contribution in [0.5, 0.6) is 17.2 Å². The predicted octanol–water partition coefficient (Wildman–Crippen LogP) is 5.55. The van der Waals surface area contributed by atoms with Gasteiger partial charge in [-0.3, -0.25) is 14.9 Å². The van der Waals surface area contributed by atoms with Gasteiger partial charge >= 0.3 is 11.7 Å². The van der Waals surface area contributed by atoms with E-state index in [9.17, 15) is 20.0 Å². The Morgan fingerprint density at radius 2 is 1.85 bits per heavy atom. The highest BCUT2D eigenvalue weighted by molar-refractivity contribution is 5.91. The minimum absolute atomic E-state index is 0.0453. The summed E-state index contributed by atoms with van der Waals surface area (Å²) in [5, 5.41) is 21.0. The smallest absolute Gasteiger partial charge is 0.312 e. The van der Waals surface area contributed by atoms with E-state index < -0.39 is 10.9 Å². The minimum Gasteiger partial charge on any atom is -0.497 e. The third-order valence-corrected chi connectivity index (χ3v) is 4.72. The molecule has 0 aliphatic heterocycles. The molecule has 4 rings (SSSR count). The van der Waals surface area contributed by atoms with E-state index in [-0.39, 0.29) is 29.3 Å². The van der Waals surface area contributed by atoms with E-state index >= 15 is 0 Å². The molecule has 4 aromatic rings. The lowest BCUT2D eigenvalue weighted by molar-refractivity contribution is -0.385. The first-order valence-electron chi connectivity index (χ1n) is 9.81. The topological polar surface area (TPSA) is 125 Å². The Balaban J connectivity index is 1.70. The van der Waals surface area contributed by atoms with Gasteiger partial charge in [-0.15, -0.1) is 0 Å². The highest BCUT2D eigenvalue weighted by atomic mass is 16.6. The van der Waals surface area contributed by atoms with Crippen molar-refractivity contribution in [3.05, 3.63) is 88.3 Å². The zero-order valence-corrected chi connectivity index (χ0v) is 17.4. The summed E-state index contributed by atoms with van der Waals surface area (Å²) in [4.78, 5) is 26.9. The third kappa shape index (κ3) is 4.99. The third-order valence-electron chi connectivity index (χ3n) is 4.72. The van der Waals surface area contributed by atoms with E-state index in [2.05, 4.69) is 4.98 Å². The Bertz CT molecular complexity index is 1320. The largest absolute Gasteiger partial charge is 0.497 e. The fourth-order valence-electron chi connectivity index (χ4n) is 3.19. The molecule has 0 saturated heterocycles. The molecule has 0 fully saturated rings. The number of aliphatic carboxylic acids is 1. The second-order valence-corrected chi connectivity index (χ2v) is 6.99. The van der Waals surface area contributed by atoms with Gasteiger partial charge in [0.2, 0.25) is 11.6 Å². The number of carbonyl (C=O) groups is 1. The summed E-state index contributed by atoms with van der Waals surface area (Å²) in [6, 6.07) is 18.0. The summed E-state index contributed by atoms with van der Waals surface area (Å²) in [5.41, 5.74) is 1.50. The quantitative estimate of drug-likeness (QED) is 0.276. The van der Waals surface area contributed by atoms with Crippen LogP contribution < -0.4 is 9.47 Å². The van der Waals surface area contributed by atoms with E-state index in [1.54, 1.807) is 54.6 Å². The molecule has 0 aliphatic carbocycles. The number of benzene rings is 3. The monoisotopic (exact) mass is 446 g/mol. The van der Waals surface area contributed by atoms with Crippen LogP contribution in [0, 0.1) is 10.1 Å². The molecule has 0 atom stereocenters. The van der Waals surface area contributed by atoms with Crippen molar-refractivity contribution in [2.75, 3.05) is 7.11 Å². The number of carboxylic acid groups (broad SMARTS) is 1. The maximum atomic E-state index is 11.7. The van der Waals surface area contributed by atoms with Gasteiger partial charge in [-0.1, -0.05) is 18.2 Å². The van der Waals surface area contributed by atoms with E-state index in [1.807, 2.05) is 0 Å². The summed E-state index contributed by atoms with van der Waals surface area (Å²) < 4.78 is 16.5. The van der Waals surface area contributed by atoms with Gasteiger partial charge in [-0.25, -0.2) is 4.98 Å². The molecule has 0 saturated carbocycles. The second-order valence-electron chi connectivity index (χ2n) is 6.99. The van der Waals surface area contributed by atoms with Gasteiger partial charge in [0, 0.05) is 11.6 Å². The normalized spacial score (nSPS) is 11.4. The standard InChI is InChI=1S/C24H18N2O7/c1-31-17-7-9-18(10-8-17)32-22-11-6-15(13-20(22)26(29)30)12-16(14-23(27)28)24-25-19-4-2-3-5-21(19)33-24/h2-13H,14H2,1H3,(H,27,28)/b16-12-. The van der Waals surface area contributed by atoms with Crippen molar-refractivity contribution in [3.8, 4) is 17.2 Å². The second kappa shape index (κ2) is 9.23. The molecule has 1 aromatic heterocycles. The number of nitrogens with zero attached hydrogens (tertiary/aromatic N) is 2. The summed E-state index contributed by atoms with van der Waals surface area (Å²) in [5.74, 6) is 0.129. The Kier molecular flexibility index (Phi) is 6.03. The van der Waals surface area contributed by atoms with Gasteiger partial charge in [-0.05, 0) is 54.1 Å². The summed E-state index contributed by atoms with van der Waals surface area (Å²) in [6.07, 6.45) is 1.13. The van der Waals surface area contributed by atoms with Crippen LogP contribution in [0.25, 0.3) is 22.7 Å². The Hall–Kier alpha value is -4.66. The molecule has 0 amide bonds. The van der Waals surface area contributed by atoms with E-state index in [0.717, 1.165) is 0 Å². The molecule has 3 aromatic carbocycles. The van der Waals surface area contributed by atoms with E-state index in [1.165, 1.54) is 25.3 Å². The fourth-order valence-corrected chi connectivity index (χ4v) is 3.19. The van der Waals surface area contributed by atoms with Crippen molar-refractivity contribution in [2.45, 2.75) is 6.42 Å². The SMILES string of the molecule is COc1ccc(Oc2ccc(/C=C(/CC(=O)O)c3nc4ccccc4o3)cc2[N+](=O)[O-])cc1. The van der Waals surface area contributed by atoms with Gasteiger partial charge < -0.3 is 19.0 Å². The van der Waals surface area contributed by atoms with Gasteiger partial charge in [0.15, 0.2) is 5.58 Å². The zero-order valence-electron chi connectivity index (χ0n) is 17.4. The molecule has 0 aliphatic rings. The molecule has 0 bridgehead atoms. The van der Waals surface area contributed by atoms with E-state index in [0.29, 0.717) is 28.2 Å². The van der Waals surface area contributed by atoms with Gasteiger partial charge in [0.05, 0.1) is 18.5 Å². The van der Waals surface area contributed by atoms with Gasteiger partial charge in [-0.2, -0.15) is 0 Å². The summed E-state index contributed by atoms with van der Waals surface area (Å²) >= 11 is 0. The van der Waals surface area contributed by atoms with E-state index in [4.69, 9.17) is 13.9 Å². The molecule has 1 heterocycles. The maximum Gasteiger partial charge on any atom is 0.312 e. The maximum absolute atomic E-state index is 11.7. The molecule has 166 valence electrons. The summed E-state index contributed by atoms with van der Waals surface area (Å²) in [7, 11) is 1.53. The molecular formula is C24H18N2O7. The summed E-state index contributed by atoms with van der Waals surface area (Å²) in [6.45, 7) is 0.